The van der Waals surface area contributed by atoms with Crippen LogP contribution in [0.2, 0.25) is 0 Å². The monoisotopic (exact) mass is 454 g/mol. The Balaban J connectivity index is 1.81. The van der Waals surface area contributed by atoms with E-state index in [1.54, 1.807) is 36.2 Å². The van der Waals surface area contributed by atoms with Crippen LogP contribution in [-0.2, 0) is 11.0 Å². The fourth-order valence-electron chi connectivity index (χ4n) is 4.94. The third-order valence-corrected chi connectivity index (χ3v) is 6.59. The van der Waals surface area contributed by atoms with Gasteiger partial charge in [-0.1, -0.05) is 30.8 Å². The third-order valence-electron chi connectivity index (χ3n) is 6.59. The number of allylic oxidation sites excluding steroid dienone is 2. The SMILES string of the molecule is C=C1N(C)C(=O)C2=C(CC3=C(C(=O)c4ccccc43)C2c2cc(F)cc(C(F)(F)F)c2)N1C. The number of Topliss-reactive ketones (excluding diaryl/α,β-unsaturated/α-hetero) is 1. The summed E-state index contributed by atoms with van der Waals surface area (Å²) in [6.07, 6.45) is -4.55. The van der Waals surface area contributed by atoms with E-state index in [1.807, 2.05) is 0 Å². The number of amides is 1. The molecule has 1 amide bonds. The summed E-state index contributed by atoms with van der Waals surface area (Å²) < 4.78 is 54.9. The van der Waals surface area contributed by atoms with Crippen LogP contribution in [0.3, 0.4) is 0 Å². The number of nitrogens with zero attached hydrogens (tertiary/aromatic N) is 2. The Bertz CT molecular complexity index is 1340. The van der Waals surface area contributed by atoms with Crippen LogP contribution in [0.25, 0.3) is 5.57 Å². The molecule has 2 aromatic rings. The van der Waals surface area contributed by atoms with Gasteiger partial charge in [-0.15, -0.1) is 0 Å². The van der Waals surface area contributed by atoms with E-state index in [0.717, 1.165) is 12.1 Å². The van der Waals surface area contributed by atoms with E-state index in [2.05, 4.69) is 6.58 Å². The van der Waals surface area contributed by atoms with Gasteiger partial charge in [0.15, 0.2) is 5.78 Å². The second-order valence-electron chi connectivity index (χ2n) is 8.35. The Hall–Kier alpha value is -3.68. The molecule has 0 radical (unpaired) electrons. The number of hydrogen-bond donors (Lipinski definition) is 0. The van der Waals surface area contributed by atoms with Crippen molar-refractivity contribution in [3.8, 4) is 0 Å². The molecule has 4 nitrogen and oxygen atoms in total. The maximum Gasteiger partial charge on any atom is 0.416 e. The average Bonchev–Trinajstić information content (AvgIpc) is 3.06. The lowest BCUT2D eigenvalue weighted by Crippen LogP contribution is -2.44. The second-order valence-corrected chi connectivity index (χ2v) is 8.35. The van der Waals surface area contributed by atoms with Gasteiger partial charge in [-0.25, -0.2) is 4.39 Å². The van der Waals surface area contributed by atoms with Crippen LogP contribution in [0.5, 0.6) is 0 Å². The minimum absolute atomic E-state index is 0.0918. The Labute approximate surface area is 187 Å². The number of halogens is 4. The molecule has 0 fully saturated rings. The molecule has 5 rings (SSSR count). The van der Waals surface area contributed by atoms with E-state index in [4.69, 9.17) is 0 Å². The molecule has 8 heteroatoms. The number of likely N-dealkylation sites (N-methyl/N-ethyl adjacent to an activating group) is 1. The molecule has 1 heterocycles. The topological polar surface area (TPSA) is 40.6 Å². The molecule has 2 aliphatic carbocycles. The van der Waals surface area contributed by atoms with Gasteiger partial charge in [0.1, 0.15) is 11.6 Å². The highest BCUT2D eigenvalue weighted by atomic mass is 19.4. The quantitative estimate of drug-likeness (QED) is 0.563. The van der Waals surface area contributed by atoms with Crippen molar-refractivity contribution < 1.29 is 27.2 Å². The molecule has 0 bridgehead atoms. The number of alkyl halides is 3. The van der Waals surface area contributed by atoms with Crippen molar-refractivity contribution in [2.75, 3.05) is 14.1 Å². The van der Waals surface area contributed by atoms with Crippen LogP contribution in [0, 0.1) is 5.82 Å². The number of benzene rings is 2. The van der Waals surface area contributed by atoms with Gasteiger partial charge in [0.2, 0.25) is 0 Å². The normalized spacial score (nSPS) is 20.4. The Morgan fingerprint density at radius 1 is 0.970 bits per heavy atom. The molecule has 0 N–H and O–H groups in total. The number of ketones is 1. The van der Waals surface area contributed by atoms with Crippen LogP contribution in [0.15, 0.2) is 71.7 Å². The smallest absolute Gasteiger partial charge is 0.334 e. The predicted octanol–water partition coefficient (Wildman–Crippen LogP) is 5.11. The lowest BCUT2D eigenvalue weighted by molar-refractivity contribution is -0.137. The summed E-state index contributed by atoms with van der Waals surface area (Å²) in [5.74, 6) is -2.68. The van der Waals surface area contributed by atoms with Crippen molar-refractivity contribution >= 4 is 17.3 Å². The van der Waals surface area contributed by atoms with E-state index in [-0.39, 0.29) is 28.9 Å². The van der Waals surface area contributed by atoms with E-state index in [1.165, 1.54) is 11.9 Å². The lowest BCUT2D eigenvalue weighted by Gasteiger charge is -2.42. The zero-order chi connectivity index (χ0) is 23.8. The minimum atomic E-state index is -4.79. The van der Waals surface area contributed by atoms with Gasteiger partial charge in [0.25, 0.3) is 5.91 Å². The lowest BCUT2D eigenvalue weighted by atomic mass is 9.74. The number of carbonyl (C=O) groups is 2. The van der Waals surface area contributed by atoms with Crippen molar-refractivity contribution in [1.29, 1.82) is 0 Å². The maximum absolute atomic E-state index is 14.4. The number of rotatable bonds is 1. The highest BCUT2D eigenvalue weighted by Crippen LogP contribution is 2.53. The molecule has 0 saturated heterocycles. The van der Waals surface area contributed by atoms with Gasteiger partial charge in [0.05, 0.1) is 5.56 Å². The van der Waals surface area contributed by atoms with Crippen LogP contribution in [-0.4, -0.2) is 35.6 Å². The van der Waals surface area contributed by atoms with Gasteiger partial charge in [0, 0.05) is 48.8 Å². The highest BCUT2D eigenvalue weighted by molar-refractivity contribution is 6.23. The summed E-state index contributed by atoms with van der Waals surface area (Å²) in [5, 5.41) is 0. The average molecular weight is 454 g/mol. The summed E-state index contributed by atoms with van der Waals surface area (Å²) in [4.78, 5) is 29.8. The van der Waals surface area contributed by atoms with Crippen LogP contribution >= 0.6 is 0 Å². The molecular weight excluding hydrogens is 436 g/mol. The summed E-state index contributed by atoms with van der Waals surface area (Å²) in [6.45, 7) is 3.93. The molecule has 168 valence electrons. The standard InChI is InChI=1S/C25H18F4N2O2/c1-12-30(2)19-11-18-16-6-4-5-7-17(16)23(32)21(18)20(22(19)24(33)31(12)3)13-8-14(25(27,28)29)10-15(26)9-13/h4-10,20H,1,11H2,2-3H3. The van der Waals surface area contributed by atoms with E-state index in [9.17, 15) is 27.2 Å². The van der Waals surface area contributed by atoms with Crippen molar-refractivity contribution in [1.82, 2.24) is 9.80 Å². The molecule has 1 atom stereocenters. The molecule has 3 aliphatic rings. The molecule has 1 aliphatic heterocycles. The number of carbonyl (C=O) groups excluding carboxylic acids is 2. The Kier molecular flexibility index (Phi) is 4.43. The van der Waals surface area contributed by atoms with Gasteiger partial charge < -0.3 is 4.90 Å². The molecule has 2 aromatic carbocycles. The first-order chi connectivity index (χ1) is 15.5. The number of hydrogen-bond acceptors (Lipinski definition) is 3. The summed E-state index contributed by atoms with van der Waals surface area (Å²) in [5.41, 5.74) is 1.37. The van der Waals surface area contributed by atoms with Crippen molar-refractivity contribution in [2.45, 2.75) is 18.5 Å². The Morgan fingerprint density at radius 2 is 1.64 bits per heavy atom. The van der Waals surface area contributed by atoms with Gasteiger partial charge in [-0.05, 0) is 34.9 Å². The van der Waals surface area contributed by atoms with Gasteiger partial charge in [-0.2, -0.15) is 13.2 Å². The minimum Gasteiger partial charge on any atom is -0.334 e. The second kappa shape index (κ2) is 6.91. The highest BCUT2D eigenvalue weighted by Gasteiger charge is 2.47. The first-order valence-corrected chi connectivity index (χ1v) is 10.2. The zero-order valence-corrected chi connectivity index (χ0v) is 17.8. The largest absolute Gasteiger partial charge is 0.416 e. The Morgan fingerprint density at radius 3 is 2.30 bits per heavy atom. The van der Waals surface area contributed by atoms with Crippen LogP contribution in [0.4, 0.5) is 17.6 Å². The van der Waals surface area contributed by atoms with Crippen molar-refractivity contribution in [3.05, 3.63) is 99.8 Å². The molecule has 33 heavy (non-hydrogen) atoms. The fraction of sp³-hybridized carbons (Fsp3) is 0.200. The fourth-order valence-corrected chi connectivity index (χ4v) is 4.94. The first kappa shape index (κ1) is 21.2. The van der Waals surface area contributed by atoms with Crippen LogP contribution in [0.1, 0.15) is 39.4 Å². The molecular formula is C25H18F4N2O2. The van der Waals surface area contributed by atoms with E-state index >= 15 is 0 Å². The summed E-state index contributed by atoms with van der Waals surface area (Å²) in [6, 6.07) is 9.09. The van der Waals surface area contributed by atoms with E-state index in [0.29, 0.717) is 34.3 Å². The molecule has 0 saturated carbocycles. The molecule has 0 spiro atoms. The van der Waals surface area contributed by atoms with Gasteiger partial charge in [-0.3, -0.25) is 14.5 Å². The summed E-state index contributed by atoms with van der Waals surface area (Å²) in [7, 11) is 3.21. The van der Waals surface area contributed by atoms with Crippen molar-refractivity contribution in [2.24, 2.45) is 0 Å². The molecule has 1 unspecified atom stereocenters. The van der Waals surface area contributed by atoms with E-state index < -0.39 is 29.4 Å². The summed E-state index contributed by atoms with van der Waals surface area (Å²) >= 11 is 0. The van der Waals surface area contributed by atoms with Crippen LogP contribution < -0.4 is 0 Å². The van der Waals surface area contributed by atoms with Crippen molar-refractivity contribution in [3.63, 3.8) is 0 Å². The first-order valence-electron chi connectivity index (χ1n) is 10.2. The molecule has 0 aromatic heterocycles. The zero-order valence-electron chi connectivity index (χ0n) is 17.8. The number of fused-ring (bicyclic) bond motifs is 2. The third kappa shape index (κ3) is 2.97. The maximum atomic E-state index is 14.4. The van der Waals surface area contributed by atoms with Gasteiger partial charge >= 0.3 is 6.18 Å². The predicted molar refractivity (Wildman–Crippen MR) is 113 cm³/mol.